The van der Waals surface area contributed by atoms with Crippen molar-refractivity contribution in [2.45, 2.75) is 25.4 Å². The third kappa shape index (κ3) is 2.99. The standard InChI is InChI=1S/C21H19N5O/c27-20-18-13-22-26(17-9-5-2-6-10-17)19(18)23-21(24-20)25(16-11-12-16)14-15-7-3-1-4-8-15/h1-10,13,16H,11-12,14H2,(H,23,24,27). The SMILES string of the molecule is O=c1[nH]c(N(Cc2ccccc2)C2CC2)nc2c1cnn2-c1ccccc1. The molecule has 0 amide bonds. The van der Waals surface area contributed by atoms with Crippen LogP contribution in [0.2, 0.25) is 0 Å². The van der Waals surface area contributed by atoms with E-state index in [2.05, 4.69) is 27.1 Å². The molecule has 0 unspecified atom stereocenters. The quantitative estimate of drug-likeness (QED) is 0.595. The maximum atomic E-state index is 12.7. The number of anilines is 1. The van der Waals surface area contributed by atoms with E-state index in [1.807, 2.05) is 48.5 Å². The summed E-state index contributed by atoms with van der Waals surface area (Å²) < 4.78 is 1.72. The Hall–Kier alpha value is -3.41. The summed E-state index contributed by atoms with van der Waals surface area (Å²) >= 11 is 0. The molecular weight excluding hydrogens is 338 g/mol. The molecule has 1 aliphatic carbocycles. The largest absolute Gasteiger partial charge is 0.335 e. The summed E-state index contributed by atoms with van der Waals surface area (Å²) in [6.07, 6.45) is 3.82. The molecule has 2 aromatic carbocycles. The Kier molecular flexibility index (Phi) is 3.74. The van der Waals surface area contributed by atoms with Gasteiger partial charge in [-0.05, 0) is 30.5 Å². The Morgan fingerprint density at radius 1 is 1.04 bits per heavy atom. The molecule has 5 rings (SSSR count). The third-order valence-corrected chi connectivity index (χ3v) is 4.88. The van der Waals surface area contributed by atoms with Gasteiger partial charge in [-0.3, -0.25) is 9.78 Å². The van der Waals surface area contributed by atoms with Crippen LogP contribution in [0.15, 0.2) is 71.7 Å². The molecule has 0 aliphatic heterocycles. The number of para-hydroxylation sites is 1. The fraction of sp³-hybridized carbons (Fsp3) is 0.190. The van der Waals surface area contributed by atoms with Crippen LogP contribution in [0.4, 0.5) is 5.95 Å². The predicted octanol–water partition coefficient (Wildman–Crippen LogP) is 3.28. The van der Waals surface area contributed by atoms with Crippen molar-refractivity contribution in [1.82, 2.24) is 19.7 Å². The van der Waals surface area contributed by atoms with Gasteiger partial charge >= 0.3 is 0 Å². The fourth-order valence-electron chi connectivity index (χ4n) is 3.34. The van der Waals surface area contributed by atoms with Crippen molar-refractivity contribution in [3.05, 3.63) is 82.8 Å². The van der Waals surface area contributed by atoms with Crippen molar-refractivity contribution in [3.63, 3.8) is 0 Å². The van der Waals surface area contributed by atoms with E-state index in [-0.39, 0.29) is 5.56 Å². The van der Waals surface area contributed by atoms with Crippen molar-refractivity contribution < 1.29 is 0 Å². The maximum absolute atomic E-state index is 12.7. The summed E-state index contributed by atoms with van der Waals surface area (Å²) in [4.78, 5) is 22.6. The second kappa shape index (κ2) is 6.39. The number of nitrogens with zero attached hydrogens (tertiary/aromatic N) is 4. The van der Waals surface area contributed by atoms with E-state index in [4.69, 9.17) is 4.98 Å². The van der Waals surface area contributed by atoms with E-state index in [9.17, 15) is 4.79 Å². The first-order valence-corrected chi connectivity index (χ1v) is 9.13. The molecule has 1 aliphatic rings. The van der Waals surface area contributed by atoms with Gasteiger partial charge in [-0.25, -0.2) is 4.68 Å². The van der Waals surface area contributed by atoms with E-state index in [0.717, 1.165) is 25.1 Å². The normalized spacial score (nSPS) is 13.8. The van der Waals surface area contributed by atoms with Crippen LogP contribution in [0.1, 0.15) is 18.4 Å². The molecule has 6 nitrogen and oxygen atoms in total. The molecule has 1 fully saturated rings. The van der Waals surface area contributed by atoms with Gasteiger partial charge in [-0.1, -0.05) is 48.5 Å². The molecule has 27 heavy (non-hydrogen) atoms. The Balaban J connectivity index is 1.61. The number of aromatic nitrogens is 4. The fourth-order valence-corrected chi connectivity index (χ4v) is 3.34. The molecule has 1 N–H and O–H groups in total. The number of aromatic amines is 1. The lowest BCUT2D eigenvalue weighted by atomic mass is 10.2. The van der Waals surface area contributed by atoms with Crippen LogP contribution in [-0.2, 0) is 6.54 Å². The van der Waals surface area contributed by atoms with E-state index >= 15 is 0 Å². The van der Waals surface area contributed by atoms with Crippen molar-refractivity contribution in [1.29, 1.82) is 0 Å². The van der Waals surface area contributed by atoms with Crippen LogP contribution in [0, 0.1) is 0 Å². The minimum absolute atomic E-state index is 0.157. The van der Waals surface area contributed by atoms with Gasteiger partial charge in [0.15, 0.2) is 5.65 Å². The van der Waals surface area contributed by atoms with Crippen LogP contribution < -0.4 is 10.5 Å². The highest BCUT2D eigenvalue weighted by molar-refractivity contribution is 5.76. The molecule has 4 aromatic rings. The molecule has 0 saturated heterocycles. The predicted molar refractivity (Wildman–Crippen MR) is 105 cm³/mol. The number of rotatable bonds is 5. The van der Waals surface area contributed by atoms with E-state index in [1.165, 1.54) is 5.56 Å². The van der Waals surface area contributed by atoms with Crippen molar-refractivity contribution in [2.24, 2.45) is 0 Å². The van der Waals surface area contributed by atoms with Gasteiger partial charge in [0.05, 0.1) is 11.9 Å². The highest BCUT2D eigenvalue weighted by Crippen LogP contribution is 2.31. The second-order valence-electron chi connectivity index (χ2n) is 6.86. The lowest BCUT2D eigenvalue weighted by Crippen LogP contribution is -2.29. The first kappa shape index (κ1) is 15.8. The lowest BCUT2D eigenvalue weighted by molar-refractivity contribution is 0.756. The van der Waals surface area contributed by atoms with Crippen LogP contribution in [-0.4, -0.2) is 25.8 Å². The molecule has 0 spiro atoms. The number of nitrogens with one attached hydrogen (secondary N) is 1. The number of H-pyrrole nitrogens is 1. The molecule has 2 heterocycles. The topological polar surface area (TPSA) is 66.8 Å². The molecular formula is C21H19N5O. The van der Waals surface area contributed by atoms with Gasteiger partial charge in [0.1, 0.15) is 5.39 Å². The Morgan fingerprint density at radius 2 is 1.74 bits per heavy atom. The summed E-state index contributed by atoms with van der Waals surface area (Å²) in [6.45, 7) is 0.722. The minimum atomic E-state index is -0.157. The van der Waals surface area contributed by atoms with Crippen LogP contribution in [0.25, 0.3) is 16.7 Å². The molecule has 6 heteroatoms. The highest BCUT2D eigenvalue weighted by Gasteiger charge is 2.31. The zero-order chi connectivity index (χ0) is 18.2. The first-order valence-electron chi connectivity index (χ1n) is 9.13. The van der Waals surface area contributed by atoms with E-state index < -0.39 is 0 Å². The molecule has 0 bridgehead atoms. The third-order valence-electron chi connectivity index (χ3n) is 4.88. The zero-order valence-electron chi connectivity index (χ0n) is 14.7. The van der Waals surface area contributed by atoms with Gasteiger partial charge in [0, 0.05) is 12.6 Å². The monoisotopic (exact) mass is 357 g/mol. The van der Waals surface area contributed by atoms with Gasteiger partial charge < -0.3 is 4.90 Å². The summed E-state index contributed by atoms with van der Waals surface area (Å²) in [5.41, 5.74) is 2.51. The molecule has 0 radical (unpaired) electrons. The van der Waals surface area contributed by atoms with Gasteiger partial charge in [-0.2, -0.15) is 10.1 Å². The lowest BCUT2D eigenvalue weighted by Gasteiger charge is -2.23. The number of hydrogen-bond acceptors (Lipinski definition) is 4. The van der Waals surface area contributed by atoms with Crippen LogP contribution >= 0.6 is 0 Å². The highest BCUT2D eigenvalue weighted by atomic mass is 16.1. The van der Waals surface area contributed by atoms with Crippen molar-refractivity contribution in [3.8, 4) is 5.69 Å². The second-order valence-corrected chi connectivity index (χ2v) is 6.86. The summed E-state index contributed by atoms with van der Waals surface area (Å²) in [7, 11) is 0. The first-order chi connectivity index (χ1) is 13.3. The van der Waals surface area contributed by atoms with Gasteiger partial charge in [0.25, 0.3) is 5.56 Å². The molecule has 1 saturated carbocycles. The van der Waals surface area contributed by atoms with Gasteiger partial charge in [-0.15, -0.1) is 0 Å². The molecule has 134 valence electrons. The molecule has 2 aromatic heterocycles. The van der Waals surface area contributed by atoms with E-state index in [1.54, 1.807) is 10.9 Å². The Labute approximate surface area is 156 Å². The maximum Gasteiger partial charge on any atom is 0.263 e. The summed E-state index contributed by atoms with van der Waals surface area (Å²) in [5, 5.41) is 4.89. The minimum Gasteiger partial charge on any atom is -0.335 e. The van der Waals surface area contributed by atoms with Crippen molar-refractivity contribution in [2.75, 3.05) is 4.90 Å². The number of benzene rings is 2. The molecule has 0 atom stereocenters. The van der Waals surface area contributed by atoms with E-state index in [0.29, 0.717) is 23.0 Å². The van der Waals surface area contributed by atoms with Gasteiger partial charge in [0.2, 0.25) is 5.95 Å². The van der Waals surface area contributed by atoms with Crippen LogP contribution in [0.3, 0.4) is 0 Å². The average Bonchev–Trinajstić information content (AvgIpc) is 3.46. The van der Waals surface area contributed by atoms with Crippen LogP contribution in [0.5, 0.6) is 0 Å². The number of hydrogen-bond donors (Lipinski definition) is 1. The Morgan fingerprint density at radius 3 is 2.44 bits per heavy atom. The smallest absolute Gasteiger partial charge is 0.263 e. The summed E-state index contributed by atoms with van der Waals surface area (Å²) in [6, 6.07) is 20.4. The number of fused-ring (bicyclic) bond motifs is 1. The van der Waals surface area contributed by atoms with Crippen molar-refractivity contribution >= 4 is 17.0 Å². The summed E-state index contributed by atoms with van der Waals surface area (Å²) in [5.74, 6) is 0.608. The average molecular weight is 357 g/mol. The zero-order valence-corrected chi connectivity index (χ0v) is 14.7. The Bertz CT molecular complexity index is 1130.